The van der Waals surface area contributed by atoms with Crippen LogP contribution < -0.4 is 18.9 Å². The van der Waals surface area contributed by atoms with Gasteiger partial charge in [-0.2, -0.15) is 5.10 Å². The van der Waals surface area contributed by atoms with Gasteiger partial charge in [-0.25, -0.2) is 0 Å². The Labute approximate surface area is 237 Å². The highest BCUT2D eigenvalue weighted by atomic mass is 35.5. The third kappa shape index (κ3) is 4.88. The Morgan fingerprint density at radius 3 is 2.40 bits per heavy atom. The van der Waals surface area contributed by atoms with Crippen LogP contribution >= 0.6 is 11.6 Å². The van der Waals surface area contributed by atoms with Crippen molar-refractivity contribution < 1.29 is 28.8 Å². The molecule has 0 saturated heterocycles. The lowest BCUT2D eigenvalue weighted by atomic mass is 9.95. The molecule has 9 nitrogen and oxygen atoms in total. The van der Waals surface area contributed by atoms with E-state index in [4.69, 9.17) is 30.5 Å². The van der Waals surface area contributed by atoms with Gasteiger partial charge in [0.25, 0.3) is 5.91 Å². The fourth-order valence-corrected chi connectivity index (χ4v) is 5.26. The van der Waals surface area contributed by atoms with Crippen molar-refractivity contribution in [2.45, 2.75) is 19.4 Å². The number of nitrogens with zero attached hydrogens (tertiary/aromatic N) is 2. The number of hydrogen-bond donors (Lipinski definition) is 2. The summed E-state index contributed by atoms with van der Waals surface area (Å²) in [5, 5.41) is 18.5. The maximum Gasteiger partial charge on any atom is 0.273 e. The van der Waals surface area contributed by atoms with Crippen LogP contribution in [0.4, 0.5) is 0 Å². The average Bonchev–Trinajstić information content (AvgIpc) is 3.51. The summed E-state index contributed by atoms with van der Waals surface area (Å²) in [5.74, 6) is 2.22. The summed E-state index contributed by atoms with van der Waals surface area (Å²) in [5.41, 5.74) is 3.69. The van der Waals surface area contributed by atoms with E-state index in [0.29, 0.717) is 70.1 Å². The molecule has 40 heavy (non-hydrogen) atoms. The number of methoxy groups -OCH3 is 3. The van der Waals surface area contributed by atoms with Crippen molar-refractivity contribution in [3.63, 3.8) is 0 Å². The third-order valence-corrected chi connectivity index (χ3v) is 7.21. The Morgan fingerprint density at radius 2 is 1.68 bits per heavy atom. The maximum absolute atomic E-state index is 13.8. The molecule has 1 aliphatic rings. The lowest BCUT2D eigenvalue weighted by Gasteiger charge is -2.27. The predicted octanol–water partition coefficient (Wildman–Crippen LogP) is 5.65. The number of benzene rings is 3. The fraction of sp³-hybridized carbons (Fsp3) is 0.267. The van der Waals surface area contributed by atoms with Crippen LogP contribution in [0.1, 0.15) is 40.1 Å². The number of amides is 1. The summed E-state index contributed by atoms with van der Waals surface area (Å²) in [6, 6.07) is 15.6. The zero-order chi connectivity index (χ0) is 28.4. The van der Waals surface area contributed by atoms with Gasteiger partial charge in [0, 0.05) is 22.7 Å². The molecule has 1 aliphatic heterocycles. The largest absolute Gasteiger partial charge is 0.507 e. The van der Waals surface area contributed by atoms with E-state index in [1.165, 1.54) is 6.07 Å². The molecule has 5 rings (SSSR count). The molecule has 0 spiro atoms. The summed E-state index contributed by atoms with van der Waals surface area (Å²) >= 11 is 6.27. The first kappa shape index (κ1) is 27.2. The van der Waals surface area contributed by atoms with E-state index in [2.05, 4.69) is 10.2 Å². The minimum atomic E-state index is -0.514. The zero-order valence-electron chi connectivity index (χ0n) is 22.7. The summed E-state index contributed by atoms with van der Waals surface area (Å²) in [6.45, 7) is 2.79. The van der Waals surface area contributed by atoms with Crippen LogP contribution in [0.2, 0.25) is 5.02 Å². The van der Waals surface area contributed by atoms with Crippen LogP contribution in [0.15, 0.2) is 54.6 Å². The van der Waals surface area contributed by atoms with E-state index in [9.17, 15) is 9.90 Å². The monoisotopic (exact) mass is 563 g/mol. The average molecular weight is 564 g/mol. The van der Waals surface area contributed by atoms with Gasteiger partial charge in [-0.3, -0.25) is 9.89 Å². The highest BCUT2D eigenvalue weighted by Gasteiger charge is 2.42. The number of hydrogen-bond acceptors (Lipinski definition) is 7. The summed E-state index contributed by atoms with van der Waals surface area (Å²) in [4.78, 5) is 15.6. The van der Waals surface area contributed by atoms with Gasteiger partial charge in [0.15, 0.2) is 23.0 Å². The van der Waals surface area contributed by atoms with Gasteiger partial charge in [-0.15, -0.1) is 0 Å². The Hall–Kier alpha value is -4.37. The first-order valence-corrected chi connectivity index (χ1v) is 13.2. The molecule has 1 atom stereocenters. The van der Waals surface area contributed by atoms with Crippen LogP contribution in [0.5, 0.6) is 28.7 Å². The van der Waals surface area contributed by atoms with Crippen LogP contribution in [0.3, 0.4) is 0 Å². The van der Waals surface area contributed by atoms with Gasteiger partial charge < -0.3 is 29.0 Å². The van der Waals surface area contributed by atoms with Crippen molar-refractivity contribution in [3.8, 4) is 40.0 Å². The number of phenols is 1. The van der Waals surface area contributed by atoms with Gasteiger partial charge >= 0.3 is 0 Å². The molecule has 3 aromatic carbocycles. The molecule has 1 unspecified atom stereocenters. The molecule has 208 valence electrons. The Kier molecular flexibility index (Phi) is 7.75. The smallest absolute Gasteiger partial charge is 0.273 e. The van der Waals surface area contributed by atoms with Crippen molar-refractivity contribution >= 4 is 17.5 Å². The lowest BCUT2D eigenvalue weighted by Crippen LogP contribution is -2.31. The van der Waals surface area contributed by atoms with Gasteiger partial charge in [-0.05, 0) is 66.9 Å². The van der Waals surface area contributed by atoms with Crippen LogP contribution in [0, 0.1) is 0 Å². The Morgan fingerprint density at radius 1 is 0.950 bits per heavy atom. The van der Waals surface area contributed by atoms with E-state index in [1.807, 2.05) is 43.3 Å². The second kappa shape index (κ2) is 11.4. The molecule has 1 amide bonds. The second-order valence-corrected chi connectivity index (χ2v) is 9.64. The molecule has 0 saturated carbocycles. The second-order valence-electron chi connectivity index (χ2n) is 9.21. The number of phenolic OH excluding ortho intramolecular Hbond substituents is 1. The number of aromatic nitrogens is 2. The highest BCUT2D eigenvalue weighted by molar-refractivity contribution is 6.31. The summed E-state index contributed by atoms with van der Waals surface area (Å²) in [6.07, 6.45) is 0.562. The fourth-order valence-electron chi connectivity index (χ4n) is 5.09. The van der Waals surface area contributed by atoms with Crippen LogP contribution in [-0.2, 0) is 6.42 Å². The molecule has 2 N–H and O–H groups in total. The molecule has 1 aromatic heterocycles. The summed E-state index contributed by atoms with van der Waals surface area (Å²) < 4.78 is 22.2. The number of nitrogens with one attached hydrogen (secondary N) is 1. The number of halogens is 1. The first-order chi connectivity index (χ1) is 19.4. The van der Waals surface area contributed by atoms with Crippen molar-refractivity contribution in [1.29, 1.82) is 0 Å². The van der Waals surface area contributed by atoms with Gasteiger partial charge in [0.2, 0.25) is 0 Å². The molecular formula is C30H30ClN3O6. The number of carbonyl (C=O) groups is 1. The number of fused-ring (bicyclic) bond motifs is 1. The minimum absolute atomic E-state index is 0.0120. The molecule has 0 radical (unpaired) electrons. The van der Waals surface area contributed by atoms with Crippen molar-refractivity contribution in [1.82, 2.24) is 15.1 Å². The van der Waals surface area contributed by atoms with Gasteiger partial charge in [0.1, 0.15) is 17.1 Å². The number of aromatic hydroxyl groups is 1. The maximum atomic E-state index is 13.8. The standard InChI is InChI=1S/C30H30ClN3O6/c1-5-40-23-11-7-18(15-25(23)39-4)29-26-27(20-16-19(31)8-9-21(20)35)32-33-28(26)30(36)34(29)13-12-17-6-10-22(37-2)24(14-17)38-3/h6-11,14-16,29,35H,5,12-13H2,1-4H3,(H,32,33). The number of H-pyrrole nitrogens is 1. The number of ether oxygens (including phenoxy) is 4. The van der Waals surface area contributed by atoms with Crippen LogP contribution in [-0.4, -0.2) is 60.6 Å². The van der Waals surface area contributed by atoms with E-state index in [0.717, 1.165) is 11.1 Å². The number of carbonyl (C=O) groups excluding carboxylic acids is 1. The van der Waals surface area contributed by atoms with E-state index < -0.39 is 6.04 Å². The molecule has 0 bridgehead atoms. The first-order valence-electron chi connectivity index (χ1n) is 12.8. The van der Waals surface area contributed by atoms with E-state index in [1.54, 1.807) is 38.4 Å². The van der Waals surface area contributed by atoms with E-state index >= 15 is 0 Å². The molecule has 2 heterocycles. The van der Waals surface area contributed by atoms with Crippen molar-refractivity contribution in [3.05, 3.63) is 82.0 Å². The topological polar surface area (TPSA) is 106 Å². The van der Waals surface area contributed by atoms with Crippen molar-refractivity contribution in [2.75, 3.05) is 34.5 Å². The highest BCUT2D eigenvalue weighted by Crippen LogP contribution is 2.46. The van der Waals surface area contributed by atoms with Gasteiger partial charge in [0.05, 0.1) is 34.0 Å². The van der Waals surface area contributed by atoms with Crippen LogP contribution in [0.25, 0.3) is 11.3 Å². The molecular weight excluding hydrogens is 534 g/mol. The zero-order valence-corrected chi connectivity index (χ0v) is 23.4. The van der Waals surface area contributed by atoms with Gasteiger partial charge in [-0.1, -0.05) is 23.7 Å². The third-order valence-electron chi connectivity index (χ3n) is 6.97. The SMILES string of the molecule is CCOc1ccc(C2c3c(-c4cc(Cl)ccc4O)n[nH]c3C(=O)N2CCc2ccc(OC)c(OC)c2)cc1OC. The number of aromatic amines is 1. The van der Waals surface area contributed by atoms with Crippen molar-refractivity contribution in [2.24, 2.45) is 0 Å². The lowest BCUT2D eigenvalue weighted by molar-refractivity contribution is 0.0745. The molecule has 0 aliphatic carbocycles. The quantitative estimate of drug-likeness (QED) is 0.257. The minimum Gasteiger partial charge on any atom is -0.507 e. The Balaban J connectivity index is 1.59. The van der Waals surface area contributed by atoms with E-state index in [-0.39, 0.29) is 11.7 Å². The Bertz CT molecular complexity index is 1550. The summed E-state index contributed by atoms with van der Waals surface area (Å²) in [7, 11) is 4.76. The molecule has 4 aromatic rings. The molecule has 10 heteroatoms. The predicted molar refractivity (Wildman–Crippen MR) is 151 cm³/mol. The normalized spacial score (nSPS) is 14.3. The number of rotatable bonds is 10. The molecule has 0 fully saturated rings.